The summed E-state index contributed by atoms with van der Waals surface area (Å²) < 4.78 is 0. The molecule has 0 radical (unpaired) electrons. The Kier molecular flexibility index (Phi) is 3.89. The summed E-state index contributed by atoms with van der Waals surface area (Å²) in [5.74, 6) is -0.227. The molecule has 0 amide bonds. The smallest absolute Gasteiger partial charge is 0.190 e. The molecule has 0 heterocycles. The summed E-state index contributed by atoms with van der Waals surface area (Å²) in [7, 11) is 0. The van der Waals surface area contributed by atoms with E-state index in [2.05, 4.69) is 6.92 Å². The van der Waals surface area contributed by atoms with E-state index in [-0.39, 0.29) is 29.0 Å². The monoisotopic (exact) mass is 360 g/mol. The Bertz CT molecular complexity index is 724. The Balaban J connectivity index is 1.75. The lowest BCUT2D eigenvalue weighted by Crippen LogP contribution is -2.61. The van der Waals surface area contributed by atoms with E-state index < -0.39 is 29.5 Å². The fourth-order valence-electron chi connectivity index (χ4n) is 6.92. The zero-order valence-corrected chi connectivity index (χ0v) is 15.4. The van der Waals surface area contributed by atoms with Gasteiger partial charge < -0.3 is 15.3 Å². The molecule has 3 fully saturated rings. The van der Waals surface area contributed by atoms with Crippen LogP contribution in [0.2, 0.25) is 0 Å². The van der Waals surface area contributed by atoms with Crippen molar-refractivity contribution in [3.63, 3.8) is 0 Å². The fourth-order valence-corrected chi connectivity index (χ4v) is 6.92. The molecular weight excluding hydrogens is 332 g/mol. The Hall–Kier alpha value is -1.30. The van der Waals surface area contributed by atoms with Crippen molar-refractivity contribution in [2.75, 3.05) is 6.61 Å². The van der Waals surface area contributed by atoms with Gasteiger partial charge in [-0.05, 0) is 56.1 Å². The first-order valence-corrected chi connectivity index (χ1v) is 9.66. The second kappa shape index (κ2) is 5.60. The highest BCUT2D eigenvalue weighted by Crippen LogP contribution is 2.67. The molecule has 142 valence electrons. The maximum absolute atomic E-state index is 12.4. The number of carbonyl (C=O) groups excluding carboxylic acids is 2. The van der Waals surface area contributed by atoms with Crippen LogP contribution in [-0.2, 0) is 9.59 Å². The van der Waals surface area contributed by atoms with Gasteiger partial charge >= 0.3 is 0 Å². The molecule has 0 saturated heterocycles. The van der Waals surface area contributed by atoms with Crippen molar-refractivity contribution in [1.29, 1.82) is 0 Å². The van der Waals surface area contributed by atoms with Crippen molar-refractivity contribution in [2.45, 2.75) is 57.7 Å². The molecule has 5 heteroatoms. The predicted octanol–water partition coefficient (Wildman–Crippen LogP) is 1.56. The summed E-state index contributed by atoms with van der Waals surface area (Å²) in [6.45, 7) is 3.34. The van der Waals surface area contributed by atoms with Gasteiger partial charge in [0, 0.05) is 16.7 Å². The lowest BCUT2D eigenvalue weighted by Gasteiger charge is -2.59. The lowest BCUT2D eigenvalue weighted by molar-refractivity contribution is -0.178. The average molecular weight is 360 g/mol. The van der Waals surface area contributed by atoms with Gasteiger partial charge in [0.2, 0.25) is 0 Å². The number of ketones is 2. The van der Waals surface area contributed by atoms with Gasteiger partial charge in [0.1, 0.15) is 12.2 Å². The number of hydrogen-bond acceptors (Lipinski definition) is 5. The first-order chi connectivity index (χ1) is 12.2. The van der Waals surface area contributed by atoms with E-state index in [1.807, 2.05) is 13.0 Å². The summed E-state index contributed by atoms with van der Waals surface area (Å²) in [6.07, 6.45) is 7.68. The highest BCUT2D eigenvalue weighted by molar-refractivity contribution is 6.01. The van der Waals surface area contributed by atoms with Crippen molar-refractivity contribution in [2.24, 2.45) is 28.6 Å². The van der Waals surface area contributed by atoms with E-state index in [9.17, 15) is 24.9 Å². The molecule has 6 unspecified atom stereocenters. The summed E-state index contributed by atoms with van der Waals surface area (Å²) in [4.78, 5) is 24.2. The Morgan fingerprint density at radius 1 is 1.31 bits per heavy atom. The second-order valence-corrected chi connectivity index (χ2v) is 9.19. The van der Waals surface area contributed by atoms with Crippen LogP contribution in [0.1, 0.15) is 46.0 Å². The molecule has 0 aromatic carbocycles. The molecule has 0 aliphatic heterocycles. The maximum Gasteiger partial charge on any atom is 0.190 e. The third-order valence-corrected chi connectivity index (χ3v) is 8.25. The Morgan fingerprint density at radius 3 is 2.73 bits per heavy atom. The van der Waals surface area contributed by atoms with Gasteiger partial charge in [-0.15, -0.1) is 0 Å². The van der Waals surface area contributed by atoms with Gasteiger partial charge in [0.25, 0.3) is 0 Å². The molecule has 0 bridgehead atoms. The number of aliphatic hydroxyl groups excluding tert-OH is 2. The lowest BCUT2D eigenvalue weighted by atomic mass is 9.46. The minimum absolute atomic E-state index is 0.00912. The molecule has 4 aliphatic carbocycles. The largest absolute Gasteiger partial charge is 0.393 e. The summed E-state index contributed by atoms with van der Waals surface area (Å²) in [6, 6.07) is 0. The van der Waals surface area contributed by atoms with E-state index in [0.717, 1.165) is 24.8 Å². The molecule has 3 saturated carbocycles. The number of allylic oxidation sites excluding steroid dienone is 4. The van der Waals surface area contributed by atoms with Crippen LogP contribution >= 0.6 is 0 Å². The third kappa shape index (κ3) is 2.08. The molecule has 7 atom stereocenters. The van der Waals surface area contributed by atoms with E-state index in [1.54, 1.807) is 12.2 Å². The topological polar surface area (TPSA) is 94.8 Å². The fraction of sp³-hybridized carbons (Fsp3) is 0.714. The van der Waals surface area contributed by atoms with Gasteiger partial charge in [0.15, 0.2) is 11.6 Å². The van der Waals surface area contributed by atoms with Crippen molar-refractivity contribution in [1.82, 2.24) is 0 Å². The van der Waals surface area contributed by atoms with E-state index in [0.29, 0.717) is 12.8 Å². The van der Waals surface area contributed by atoms with E-state index >= 15 is 0 Å². The second-order valence-electron chi connectivity index (χ2n) is 9.19. The van der Waals surface area contributed by atoms with Crippen molar-refractivity contribution in [3.05, 3.63) is 23.8 Å². The summed E-state index contributed by atoms with van der Waals surface area (Å²) in [5.41, 5.74) is -1.54. The van der Waals surface area contributed by atoms with Crippen LogP contribution in [0.15, 0.2) is 23.8 Å². The Labute approximate surface area is 153 Å². The SMILES string of the molecule is CC12CC(O)C3C(CCC4=CC(=O)C=C[C@@]43C)C1CCC2(O)C(=O)CO. The quantitative estimate of drug-likeness (QED) is 0.695. The van der Waals surface area contributed by atoms with Crippen LogP contribution in [0, 0.1) is 28.6 Å². The normalized spacial score (nSPS) is 49.9. The number of Topliss-reactive ketones (excluding diaryl/α,β-unsaturated/α-hetero) is 1. The van der Waals surface area contributed by atoms with Crippen molar-refractivity contribution in [3.8, 4) is 0 Å². The highest BCUT2D eigenvalue weighted by atomic mass is 16.3. The van der Waals surface area contributed by atoms with Crippen LogP contribution in [0.25, 0.3) is 0 Å². The molecule has 4 rings (SSSR count). The molecule has 5 nitrogen and oxygen atoms in total. The van der Waals surface area contributed by atoms with Crippen LogP contribution in [0.5, 0.6) is 0 Å². The predicted molar refractivity (Wildman–Crippen MR) is 95.0 cm³/mol. The molecule has 0 spiro atoms. The molecule has 26 heavy (non-hydrogen) atoms. The minimum atomic E-state index is -1.56. The molecule has 0 aromatic heterocycles. The van der Waals surface area contributed by atoms with Gasteiger partial charge in [-0.3, -0.25) is 9.59 Å². The molecule has 0 aromatic rings. The number of fused-ring (bicyclic) bond motifs is 5. The van der Waals surface area contributed by atoms with Gasteiger partial charge in [-0.1, -0.05) is 25.5 Å². The number of rotatable bonds is 2. The van der Waals surface area contributed by atoms with Gasteiger partial charge in [0.05, 0.1) is 6.10 Å². The molecule has 4 aliphatic rings. The first kappa shape index (κ1) is 18.1. The van der Waals surface area contributed by atoms with E-state index in [4.69, 9.17) is 0 Å². The van der Waals surface area contributed by atoms with Crippen LogP contribution < -0.4 is 0 Å². The van der Waals surface area contributed by atoms with Crippen LogP contribution in [0.3, 0.4) is 0 Å². The van der Waals surface area contributed by atoms with Gasteiger partial charge in [-0.2, -0.15) is 0 Å². The number of aliphatic hydroxyl groups is 3. The maximum atomic E-state index is 12.4. The highest BCUT2D eigenvalue weighted by Gasteiger charge is 2.67. The zero-order valence-electron chi connectivity index (χ0n) is 15.4. The Morgan fingerprint density at radius 2 is 2.04 bits per heavy atom. The molecular formula is C21H28O5. The average Bonchev–Trinajstić information content (AvgIpc) is 2.86. The van der Waals surface area contributed by atoms with E-state index in [1.165, 1.54) is 0 Å². The minimum Gasteiger partial charge on any atom is -0.393 e. The van der Waals surface area contributed by atoms with Crippen LogP contribution in [0.4, 0.5) is 0 Å². The first-order valence-electron chi connectivity index (χ1n) is 9.66. The van der Waals surface area contributed by atoms with Crippen LogP contribution in [-0.4, -0.2) is 45.2 Å². The van der Waals surface area contributed by atoms with Crippen molar-refractivity contribution < 1.29 is 24.9 Å². The summed E-state index contributed by atoms with van der Waals surface area (Å²) in [5, 5.41) is 31.7. The third-order valence-electron chi connectivity index (χ3n) is 8.25. The summed E-state index contributed by atoms with van der Waals surface area (Å²) >= 11 is 0. The number of carbonyl (C=O) groups is 2. The molecule has 3 N–H and O–H groups in total. The number of hydrogen-bond donors (Lipinski definition) is 3. The standard InChI is InChI=1S/C21H28O5/c1-19-7-5-13(23)9-12(19)3-4-14-15-6-8-21(26,17(25)11-22)20(15,2)10-16(24)18(14)19/h5,7,9,14-16,18,22,24,26H,3-4,6,8,10-11H2,1-2H3/t14?,15?,16?,18?,19-,20?,21?/m0/s1. The van der Waals surface area contributed by atoms with Gasteiger partial charge in [-0.25, -0.2) is 0 Å². The zero-order chi connectivity index (χ0) is 18.9. The van der Waals surface area contributed by atoms with Crippen molar-refractivity contribution >= 4 is 11.6 Å².